The third-order valence-corrected chi connectivity index (χ3v) is 3.68. The molecule has 106 valence electrons. The van der Waals surface area contributed by atoms with Crippen LogP contribution < -0.4 is 5.32 Å². The summed E-state index contributed by atoms with van der Waals surface area (Å²) in [5.74, 6) is -0.243. The number of hydrogen-bond donors (Lipinski definition) is 2. The Morgan fingerprint density at radius 1 is 1.45 bits per heavy atom. The van der Waals surface area contributed by atoms with Crippen molar-refractivity contribution in [3.63, 3.8) is 0 Å². The first kappa shape index (κ1) is 12.9. The molecule has 0 amide bonds. The summed E-state index contributed by atoms with van der Waals surface area (Å²) in [5.41, 5.74) is 0.854. The number of carbonyl (C=O) groups is 1. The van der Waals surface area contributed by atoms with Crippen LogP contribution in [-0.4, -0.2) is 31.2 Å². The van der Waals surface area contributed by atoms with Crippen molar-refractivity contribution < 1.29 is 9.90 Å². The zero-order valence-corrected chi connectivity index (χ0v) is 11.8. The van der Waals surface area contributed by atoms with E-state index in [1.165, 1.54) is 0 Å². The highest BCUT2D eigenvalue weighted by Crippen LogP contribution is 2.39. The second-order valence-electron chi connectivity index (χ2n) is 6.40. The number of carboxylic acids is 1. The Bertz CT molecular complexity index is 680. The topological polar surface area (TPSA) is 79.5 Å². The Morgan fingerprint density at radius 2 is 2.15 bits per heavy atom. The number of nitrogens with one attached hydrogen (secondary N) is 1. The first-order valence-corrected chi connectivity index (χ1v) is 6.68. The van der Waals surface area contributed by atoms with Gasteiger partial charge in [-0.1, -0.05) is 20.8 Å². The van der Waals surface area contributed by atoms with Crippen LogP contribution in [0.2, 0.25) is 0 Å². The Labute approximate surface area is 116 Å². The summed E-state index contributed by atoms with van der Waals surface area (Å²) < 4.78 is 1.74. The van der Waals surface area contributed by atoms with Crippen LogP contribution in [0.5, 0.6) is 0 Å². The molecular weight excluding hydrogens is 256 g/mol. The lowest BCUT2D eigenvalue weighted by Gasteiger charge is -2.13. The predicted molar refractivity (Wildman–Crippen MR) is 74.9 cm³/mol. The van der Waals surface area contributed by atoms with Gasteiger partial charge in [-0.05, 0) is 18.9 Å². The third-order valence-electron chi connectivity index (χ3n) is 3.68. The van der Waals surface area contributed by atoms with E-state index in [-0.39, 0.29) is 5.41 Å². The molecule has 3 rings (SSSR count). The van der Waals surface area contributed by atoms with E-state index in [1.807, 2.05) is 6.07 Å². The number of fused-ring (bicyclic) bond motifs is 1. The molecule has 0 aliphatic heterocycles. The molecule has 2 N–H and O–H groups in total. The van der Waals surface area contributed by atoms with Crippen molar-refractivity contribution >= 4 is 17.3 Å². The molecule has 0 aromatic carbocycles. The van der Waals surface area contributed by atoms with E-state index >= 15 is 0 Å². The molecule has 0 unspecified atom stereocenters. The van der Waals surface area contributed by atoms with Crippen LogP contribution in [0.25, 0.3) is 5.52 Å². The van der Waals surface area contributed by atoms with Gasteiger partial charge in [0.2, 0.25) is 0 Å². The largest absolute Gasteiger partial charge is 0.480 e. The van der Waals surface area contributed by atoms with Crippen molar-refractivity contribution in [2.24, 2.45) is 0 Å². The standard InChI is InChI=1S/C14H18N4O2/c1-13(2,3)10-8-9-11(15-6-7-18(9)17-10)16-14(4-5-14)12(19)20/h6-8H,4-5H2,1-3H3,(H,15,16)(H,19,20). The number of anilines is 1. The number of rotatable bonds is 3. The van der Waals surface area contributed by atoms with Gasteiger partial charge < -0.3 is 10.4 Å². The molecule has 1 aliphatic rings. The van der Waals surface area contributed by atoms with Crippen molar-refractivity contribution in [3.05, 3.63) is 24.2 Å². The molecular formula is C14H18N4O2. The van der Waals surface area contributed by atoms with Crippen LogP contribution in [0.4, 0.5) is 5.82 Å². The molecule has 1 aliphatic carbocycles. The zero-order valence-electron chi connectivity index (χ0n) is 11.8. The fourth-order valence-corrected chi connectivity index (χ4v) is 2.13. The molecule has 6 heteroatoms. The zero-order chi connectivity index (χ0) is 14.5. The highest BCUT2D eigenvalue weighted by atomic mass is 16.4. The van der Waals surface area contributed by atoms with Crippen molar-refractivity contribution in [2.45, 2.75) is 44.6 Å². The van der Waals surface area contributed by atoms with Crippen LogP contribution in [0.15, 0.2) is 18.5 Å². The number of aromatic nitrogens is 3. The summed E-state index contributed by atoms with van der Waals surface area (Å²) in [7, 11) is 0. The van der Waals surface area contributed by atoms with Gasteiger partial charge in [0.1, 0.15) is 11.1 Å². The average molecular weight is 274 g/mol. The Morgan fingerprint density at radius 3 is 2.70 bits per heavy atom. The smallest absolute Gasteiger partial charge is 0.329 e. The van der Waals surface area contributed by atoms with E-state index < -0.39 is 11.5 Å². The highest BCUT2D eigenvalue weighted by molar-refractivity contribution is 5.87. The summed E-state index contributed by atoms with van der Waals surface area (Å²) in [6.07, 6.45) is 4.67. The van der Waals surface area contributed by atoms with Gasteiger partial charge >= 0.3 is 5.97 Å². The van der Waals surface area contributed by atoms with E-state index in [9.17, 15) is 9.90 Å². The molecule has 0 bridgehead atoms. The number of carboxylic acid groups (broad SMARTS) is 1. The van der Waals surface area contributed by atoms with Gasteiger partial charge in [0.25, 0.3) is 0 Å². The second-order valence-corrected chi connectivity index (χ2v) is 6.40. The first-order chi connectivity index (χ1) is 9.32. The van der Waals surface area contributed by atoms with E-state index in [0.717, 1.165) is 11.2 Å². The van der Waals surface area contributed by atoms with Gasteiger partial charge in [-0.3, -0.25) is 0 Å². The van der Waals surface area contributed by atoms with Crippen LogP contribution in [-0.2, 0) is 10.2 Å². The van der Waals surface area contributed by atoms with Crippen LogP contribution in [0, 0.1) is 0 Å². The Balaban J connectivity index is 2.04. The number of nitrogens with zero attached hydrogens (tertiary/aromatic N) is 3. The van der Waals surface area contributed by atoms with E-state index in [4.69, 9.17) is 0 Å². The normalized spacial score (nSPS) is 17.1. The lowest BCUT2D eigenvalue weighted by atomic mass is 9.92. The molecule has 0 atom stereocenters. The quantitative estimate of drug-likeness (QED) is 0.895. The monoisotopic (exact) mass is 274 g/mol. The fourth-order valence-electron chi connectivity index (χ4n) is 2.13. The lowest BCUT2D eigenvalue weighted by Crippen LogP contribution is -2.31. The summed E-state index contributed by atoms with van der Waals surface area (Å²) in [6, 6.07) is 1.97. The fraction of sp³-hybridized carbons (Fsp3) is 0.500. The van der Waals surface area contributed by atoms with E-state index in [0.29, 0.717) is 18.7 Å². The lowest BCUT2D eigenvalue weighted by molar-refractivity contribution is -0.138. The minimum atomic E-state index is -0.846. The SMILES string of the molecule is CC(C)(C)c1cc2c(NC3(C(=O)O)CC3)nccn2n1. The van der Waals surface area contributed by atoms with E-state index in [1.54, 1.807) is 16.9 Å². The van der Waals surface area contributed by atoms with Gasteiger partial charge in [-0.15, -0.1) is 0 Å². The number of aliphatic carboxylic acids is 1. The van der Waals surface area contributed by atoms with Crippen LogP contribution in [0.1, 0.15) is 39.3 Å². The molecule has 2 aromatic heterocycles. The van der Waals surface area contributed by atoms with Gasteiger partial charge in [-0.2, -0.15) is 5.10 Å². The minimum absolute atomic E-state index is 0.0621. The minimum Gasteiger partial charge on any atom is -0.480 e. The summed E-state index contributed by atoms with van der Waals surface area (Å²) in [6.45, 7) is 6.28. The Hall–Kier alpha value is -2.11. The average Bonchev–Trinajstić information content (AvgIpc) is 2.99. The van der Waals surface area contributed by atoms with E-state index in [2.05, 4.69) is 36.2 Å². The molecule has 0 saturated heterocycles. The van der Waals surface area contributed by atoms with Crippen LogP contribution in [0.3, 0.4) is 0 Å². The van der Waals surface area contributed by atoms with Crippen molar-refractivity contribution in [3.8, 4) is 0 Å². The van der Waals surface area contributed by atoms with Crippen molar-refractivity contribution in [1.82, 2.24) is 14.6 Å². The molecule has 0 radical (unpaired) electrons. The summed E-state index contributed by atoms with van der Waals surface area (Å²) in [4.78, 5) is 15.6. The van der Waals surface area contributed by atoms with Gasteiger partial charge in [-0.25, -0.2) is 14.3 Å². The maximum Gasteiger partial charge on any atom is 0.329 e. The summed E-state index contributed by atoms with van der Waals surface area (Å²) >= 11 is 0. The third kappa shape index (κ3) is 2.01. The molecule has 20 heavy (non-hydrogen) atoms. The predicted octanol–water partition coefficient (Wildman–Crippen LogP) is 2.06. The molecule has 1 fully saturated rings. The van der Waals surface area contributed by atoms with Gasteiger partial charge in [0, 0.05) is 17.8 Å². The first-order valence-electron chi connectivity index (χ1n) is 6.68. The Kier molecular flexibility index (Phi) is 2.54. The van der Waals surface area contributed by atoms with Crippen molar-refractivity contribution in [2.75, 3.05) is 5.32 Å². The molecule has 0 spiro atoms. The van der Waals surface area contributed by atoms with Gasteiger partial charge in [0.15, 0.2) is 5.82 Å². The molecule has 6 nitrogen and oxygen atoms in total. The summed E-state index contributed by atoms with van der Waals surface area (Å²) in [5, 5.41) is 16.9. The maximum atomic E-state index is 11.3. The van der Waals surface area contributed by atoms with Crippen molar-refractivity contribution in [1.29, 1.82) is 0 Å². The molecule has 2 heterocycles. The number of hydrogen-bond acceptors (Lipinski definition) is 4. The maximum absolute atomic E-state index is 11.3. The molecule has 2 aromatic rings. The van der Waals surface area contributed by atoms with Gasteiger partial charge in [0.05, 0.1) is 5.69 Å². The van der Waals surface area contributed by atoms with Crippen LogP contribution >= 0.6 is 0 Å². The second kappa shape index (κ2) is 3.94. The highest BCUT2D eigenvalue weighted by Gasteiger charge is 2.51. The molecule has 1 saturated carbocycles.